The van der Waals surface area contributed by atoms with Gasteiger partial charge in [0, 0.05) is 7.11 Å². The van der Waals surface area contributed by atoms with Crippen molar-refractivity contribution >= 4 is 6.09 Å². The molecule has 1 amide bonds. The van der Waals surface area contributed by atoms with E-state index in [4.69, 9.17) is 5.53 Å². The van der Waals surface area contributed by atoms with Crippen LogP contribution in [0.2, 0.25) is 0 Å². The Labute approximate surface area is 69.1 Å². The third-order valence-electron chi connectivity index (χ3n) is 1.15. The fourth-order valence-electron chi connectivity index (χ4n) is 0.665. The Hall–Kier alpha value is -1.46. The number of methoxy groups -OCH3 is 1. The van der Waals surface area contributed by atoms with Gasteiger partial charge in [0.1, 0.15) is 6.04 Å². The van der Waals surface area contributed by atoms with Gasteiger partial charge in [-0.3, -0.25) is 0 Å². The van der Waals surface area contributed by atoms with Crippen LogP contribution in [0.5, 0.6) is 0 Å². The lowest BCUT2D eigenvalue weighted by molar-refractivity contribution is -0.269. The van der Waals surface area contributed by atoms with Crippen molar-refractivity contribution in [2.24, 2.45) is 5.22 Å². The van der Waals surface area contributed by atoms with Crippen molar-refractivity contribution in [3.8, 4) is 0 Å². The van der Waals surface area contributed by atoms with Gasteiger partial charge >= 0.3 is 0 Å². The Morgan fingerprint density at radius 1 is 1.92 bits per heavy atom. The van der Waals surface area contributed by atoms with Crippen molar-refractivity contribution in [1.82, 2.24) is 9.92 Å². The summed E-state index contributed by atoms with van der Waals surface area (Å²) in [6.07, 6.45) is -1.50. The molecule has 7 nitrogen and oxygen atoms in total. The Balaban J connectivity index is 4.28. The summed E-state index contributed by atoms with van der Waals surface area (Å²) < 4.78 is 4.69. The molecule has 0 aliphatic carbocycles. The molecule has 0 heterocycles. The first kappa shape index (κ1) is 10.5. The van der Waals surface area contributed by atoms with Gasteiger partial charge in [0.25, 0.3) is 6.09 Å². The lowest BCUT2D eigenvalue weighted by Gasteiger charge is -2.14. The number of carbonyl (C=O) groups is 1. The number of rotatable bonds is 4. The average molecular weight is 174 g/mol. The molecule has 0 fully saturated rings. The van der Waals surface area contributed by atoms with E-state index in [9.17, 15) is 9.90 Å². The minimum absolute atomic E-state index is 0.174. The molecule has 1 N–H and O–H groups in total. The van der Waals surface area contributed by atoms with Gasteiger partial charge < -0.3 is 14.6 Å². The van der Waals surface area contributed by atoms with Crippen LogP contribution in [0.15, 0.2) is 5.22 Å². The predicted molar refractivity (Wildman–Crippen MR) is 35.9 cm³/mol. The number of nitrogens with one attached hydrogen (secondary N) is 1. The molecule has 0 spiro atoms. The molecule has 0 radical (unpaired) electrons. The zero-order valence-corrected chi connectivity index (χ0v) is 6.85. The maximum atomic E-state index is 10.3. The minimum Gasteiger partial charge on any atom is -0.509 e. The van der Waals surface area contributed by atoms with Gasteiger partial charge in [-0.15, -0.1) is 0 Å². The van der Waals surface area contributed by atoms with E-state index in [1.54, 1.807) is 6.92 Å². The summed E-state index contributed by atoms with van der Waals surface area (Å²) >= 11 is 0. The summed E-state index contributed by atoms with van der Waals surface area (Å²) in [7, 11) is 1.43. The number of amides is 1. The first-order valence-electron chi connectivity index (χ1n) is 3.20. The van der Waals surface area contributed by atoms with Crippen LogP contribution in [0.25, 0.3) is 0 Å². The number of ether oxygens (including phenoxy) is 1. The van der Waals surface area contributed by atoms with Crippen molar-refractivity contribution in [3.63, 3.8) is 0 Å². The molecular weight excluding hydrogens is 164 g/mol. The number of carboxylic acid groups (broad SMARTS) is 1. The lowest BCUT2D eigenvalue weighted by atomic mass is 10.4. The summed E-state index contributed by atoms with van der Waals surface area (Å²) in [5.41, 5.74) is 6.34. The van der Waals surface area contributed by atoms with Crippen molar-refractivity contribution < 1.29 is 14.6 Å². The van der Waals surface area contributed by atoms with Crippen LogP contribution in [0, 0.1) is 5.53 Å². The van der Waals surface area contributed by atoms with Gasteiger partial charge in [-0.05, 0) is 12.5 Å². The van der Waals surface area contributed by atoms with Gasteiger partial charge in [0.2, 0.25) is 5.22 Å². The van der Waals surface area contributed by atoms with Crippen LogP contribution < -0.4 is 10.0 Å². The molecule has 0 saturated heterocycles. The van der Waals surface area contributed by atoms with Crippen LogP contribution in [0.1, 0.15) is 6.92 Å². The van der Waals surface area contributed by atoms with Gasteiger partial charge in [-0.25, -0.2) is 0 Å². The van der Waals surface area contributed by atoms with E-state index in [2.05, 4.69) is 14.9 Å². The summed E-state index contributed by atoms with van der Waals surface area (Å²) in [5.74, 6) is 0. The molecule has 0 saturated carbocycles. The zero-order valence-electron chi connectivity index (χ0n) is 6.85. The standard InChI is InChI=1S/C5H10N4O3/c1-4(3-12-2)9(5(10)11)8-7-6/h4,6H,3H2,1-2H3. The molecule has 0 rings (SSSR count). The number of hydrogen-bond acceptors (Lipinski definition) is 5. The topological polar surface area (TPSA) is 103 Å². The second kappa shape index (κ2) is 5.22. The first-order chi connectivity index (χ1) is 5.63. The van der Waals surface area contributed by atoms with E-state index in [0.29, 0.717) is 5.01 Å². The molecular formula is C5H10N4O3. The van der Waals surface area contributed by atoms with Crippen LogP contribution in [-0.4, -0.2) is 30.9 Å². The molecule has 0 aliphatic heterocycles. The fourth-order valence-corrected chi connectivity index (χ4v) is 0.665. The Morgan fingerprint density at radius 2 is 2.50 bits per heavy atom. The maximum Gasteiger partial charge on any atom is 0.266 e. The van der Waals surface area contributed by atoms with Crippen LogP contribution in [0.4, 0.5) is 4.79 Å². The summed E-state index contributed by atoms with van der Waals surface area (Å²) in [6, 6.07) is -0.505. The minimum atomic E-state index is -1.50. The van der Waals surface area contributed by atoms with E-state index in [1.807, 2.05) is 0 Å². The summed E-state index contributed by atoms with van der Waals surface area (Å²) in [5, 5.41) is 13.9. The van der Waals surface area contributed by atoms with Crippen LogP contribution in [-0.2, 0) is 4.74 Å². The third kappa shape index (κ3) is 3.09. The molecule has 0 bridgehead atoms. The lowest BCUT2D eigenvalue weighted by Crippen LogP contribution is -2.44. The van der Waals surface area contributed by atoms with Crippen LogP contribution >= 0.6 is 0 Å². The number of carbonyl (C=O) groups excluding carboxylic acids is 1. The Kier molecular flexibility index (Phi) is 4.59. The molecule has 0 aliphatic rings. The van der Waals surface area contributed by atoms with Gasteiger partial charge in [-0.1, -0.05) is 5.01 Å². The Bertz CT molecular complexity index is 199. The molecule has 7 heteroatoms. The summed E-state index contributed by atoms with van der Waals surface area (Å²) in [4.78, 5) is 12.9. The molecule has 68 valence electrons. The predicted octanol–water partition coefficient (Wildman–Crippen LogP) is -0.868. The highest BCUT2D eigenvalue weighted by atomic mass is 16.5. The highest BCUT2D eigenvalue weighted by molar-refractivity contribution is 5.62. The number of hydrogen-bond donors (Lipinski definition) is 1. The van der Waals surface area contributed by atoms with Gasteiger partial charge in [0.15, 0.2) is 0 Å². The van der Waals surface area contributed by atoms with E-state index < -0.39 is 12.1 Å². The van der Waals surface area contributed by atoms with Gasteiger partial charge in [0.05, 0.1) is 11.5 Å². The normalized spacial score (nSPS) is 11.5. The second-order valence-electron chi connectivity index (χ2n) is 2.10. The maximum absolute atomic E-state index is 10.3. The van der Waals surface area contributed by atoms with E-state index >= 15 is 0 Å². The van der Waals surface area contributed by atoms with Crippen molar-refractivity contribution in [3.05, 3.63) is 0 Å². The number of nitrogens with zero attached hydrogens (tertiary/aromatic N) is 3. The van der Waals surface area contributed by atoms with Crippen molar-refractivity contribution in [1.29, 1.82) is 5.53 Å². The van der Waals surface area contributed by atoms with Crippen molar-refractivity contribution in [2.45, 2.75) is 13.0 Å². The van der Waals surface area contributed by atoms with E-state index in [0.717, 1.165) is 0 Å². The molecule has 1 unspecified atom stereocenters. The smallest absolute Gasteiger partial charge is 0.266 e. The van der Waals surface area contributed by atoms with Gasteiger partial charge in [-0.2, -0.15) is 0 Å². The molecule has 0 aromatic carbocycles. The summed E-state index contributed by atoms with van der Waals surface area (Å²) in [6.45, 7) is 1.74. The highest BCUT2D eigenvalue weighted by Crippen LogP contribution is 1.97. The van der Waals surface area contributed by atoms with Crippen molar-refractivity contribution in [2.75, 3.05) is 13.7 Å². The highest BCUT2D eigenvalue weighted by Gasteiger charge is 2.21. The Morgan fingerprint density at radius 3 is 2.83 bits per heavy atom. The molecule has 0 aromatic rings. The monoisotopic (exact) mass is 174 g/mol. The van der Waals surface area contributed by atoms with E-state index in [-0.39, 0.29) is 6.61 Å². The first-order valence-corrected chi connectivity index (χ1v) is 3.20. The molecule has 1 atom stereocenters. The second-order valence-corrected chi connectivity index (χ2v) is 2.10. The third-order valence-corrected chi connectivity index (χ3v) is 1.15. The average Bonchev–Trinajstić information content (AvgIpc) is 1.99. The van der Waals surface area contributed by atoms with E-state index in [1.165, 1.54) is 7.11 Å². The SMILES string of the molecule is COCC(C)N(N=[N+]=N)C(=O)[O-]. The quantitative estimate of drug-likeness (QED) is 0.340. The van der Waals surface area contributed by atoms with Crippen LogP contribution in [0.3, 0.4) is 0 Å². The zero-order chi connectivity index (χ0) is 9.56. The molecule has 0 aromatic heterocycles. The largest absolute Gasteiger partial charge is 0.509 e. The fraction of sp³-hybridized carbons (Fsp3) is 0.800. The molecule has 12 heavy (non-hydrogen) atoms.